The minimum atomic E-state index is -0.758. The van der Waals surface area contributed by atoms with E-state index in [9.17, 15) is 4.39 Å². The molecule has 1 aliphatic heterocycles. The first-order valence-electron chi connectivity index (χ1n) is 8.13. The van der Waals surface area contributed by atoms with E-state index in [-0.39, 0.29) is 6.04 Å². The van der Waals surface area contributed by atoms with E-state index in [0.29, 0.717) is 25.1 Å². The Bertz CT molecular complexity index is 707. The zero-order chi connectivity index (χ0) is 16.9. The first-order chi connectivity index (χ1) is 11.6. The smallest absolute Gasteiger partial charge is 0.114 e. The highest BCUT2D eigenvalue weighted by atomic mass is 32.1. The molecule has 0 amide bonds. The van der Waals surface area contributed by atoms with Crippen molar-refractivity contribution in [2.45, 2.75) is 38.6 Å². The number of nitriles is 1. The summed E-state index contributed by atoms with van der Waals surface area (Å²) >= 11 is 1.64. The fraction of sp³-hybridized carbons (Fsp3) is 0.444. The van der Waals surface area contributed by atoms with Crippen LogP contribution in [0, 0.1) is 18.3 Å². The van der Waals surface area contributed by atoms with E-state index in [4.69, 9.17) is 5.26 Å². The molecule has 6 heteroatoms. The van der Waals surface area contributed by atoms with Gasteiger partial charge in [-0.25, -0.2) is 9.37 Å². The van der Waals surface area contributed by atoms with Crippen LogP contribution in [0.4, 0.5) is 4.39 Å². The van der Waals surface area contributed by atoms with Gasteiger partial charge in [-0.1, -0.05) is 12.1 Å². The molecule has 4 nitrogen and oxygen atoms in total. The van der Waals surface area contributed by atoms with E-state index in [2.05, 4.69) is 26.6 Å². The number of aromatic nitrogens is 1. The monoisotopic (exact) mass is 344 g/mol. The van der Waals surface area contributed by atoms with Crippen molar-refractivity contribution in [1.29, 1.82) is 5.26 Å². The summed E-state index contributed by atoms with van der Waals surface area (Å²) in [6.45, 7) is 4.67. The maximum Gasteiger partial charge on any atom is 0.114 e. The third-order valence-corrected chi connectivity index (χ3v) is 5.12. The fourth-order valence-electron chi connectivity index (χ4n) is 3.10. The van der Waals surface area contributed by atoms with Crippen LogP contribution in [0.3, 0.4) is 0 Å². The van der Waals surface area contributed by atoms with E-state index < -0.39 is 6.17 Å². The average Bonchev–Trinajstić information content (AvgIpc) is 3.14. The summed E-state index contributed by atoms with van der Waals surface area (Å²) in [5, 5.41) is 15.3. The Kier molecular flexibility index (Phi) is 5.56. The van der Waals surface area contributed by atoms with E-state index >= 15 is 0 Å². The predicted octanol–water partition coefficient (Wildman–Crippen LogP) is 3.03. The highest BCUT2D eigenvalue weighted by Crippen LogP contribution is 2.23. The Labute approximate surface area is 145 Å². The maximum atomic E-state index is 13.8. The van der Waals surface area contributed by atoms with Gasteiger partial charge >= 0.3 is 0 Å². The van der Waals surface area contributed by atoms with Crippen LogP contribution in [-0.2, 0) is 13.1 Å². The maximum absolute atomic E-state index is 13.8. The lowest BCUT2D eigenvalue weighted by Crippen LogP contribution is -2.37. The minimum absolute atomic E-state index is 0.195. The number of benzene rings is 1. The second-order valence-corrected chi connectivity index (χ2v) is 7.28. The molecule has 2 heterocycles. The highest BCUT2D eigenvalue weighted by Gasteiger charge is 2.31. The number of hydrogen-bond acceptors (Lipinski definition) is 5. The SMILES string of the molecule is Cc1nc(CN2C[C@@H](F)C[C@H]2CNCc2ccc(C#N)cc2)cs1. The third-order valence-electron chi connectivity index (χ3n) is 4.30. The number of alkyl halides is 1. The number of aryl methyl sites for hydroxylation is 1. The first kappa shape index (κ1) is 17.0. The van der Waals surface area contributed by atoms with Crippen LogP contribution in [0.1, 0.15) is 28.2 Å². The van der Waals surface area contributed by atoms with Crippen molar-refractivity contribution in [3.8, 4) is 6.07 Å². The van der Waals surface area contributed by atoms with E-state index in [1.54, 1.807) is 11.3 Å². The summed E-state index contributed by atoms with van der Waals surface area (Å²) in [6, 6.07) is 9.86. The zero-order valence-electron chi connectivity index (χ0n) is 13.7. The fourth-order valence-corrected chi connectivity index (χ4v) is 3.70. The second-order valence-electron chi connectivity index (χ2n) is 6.21. The van der Waals surface area contributed by atoms with Gasteiger partial charge < -0.3 is 5.32 Å². The molecule has 2 aromatic rings. The Morgan fingerprint density at radius 3 is 2.88 bits per heavy atom. The number of rotatable bonds is 6. The molecule has 1 aromatic carbocycles. The van der Waals surface area contributed by atoms with Crippen molar-refractivity contribution in [1.82, 2.24) is 15.2 Å². The predicted molar refractivity (Wildman–Crippen MR) is 93.4 cm³/mol. The van der Waals surface area contributed by atoms with Gasteiger partial charge in [-0.3, -0.25) is 4.90 Å². The molecule has 1 aromatic heterocycles. The molecule has 1 aliphatic rings. The highest BCUT2D eigenvalue weighted by molar-refractivity contribution is 7.09. The molecule has 1 N–H and O–H groups in total. The van der Waals surface area contributed by atoms with Crippen molar-refractivity contribution >= 4 is 11.3 Å². The molecular formula is C18H21FN4S. The molecule has 2 atom stereocenters. The lowest BCUT2D eigenvalue weighted by molar-refractivity contribution is 0.228. The Morgan fingerprint density at radius 2 is 2.21 bits per heavy atom. The van der Waals surface area contributed by atoms with Crippen molar-refractivity contribution < 1.29 is 4.39 Å². The molecule has 0 unspecified atom stereocenters. The second kappa shape index (κ2) is 7.84. The summed E-state index contributed by atoms with van der Waals surface area (Å²) in [7, 11) is 0. The number of nitrogens with one attached hydrogen (secondary N) is 1. The lowest BCUT2D eigenvalue weighted by Gasteiger charge is -2.23. The summed E-state index contributed by atoms with van der Waals surface area (Å²) < 4.78 is 13.8. The van der Waals surface area contributed by atoms with Crippen molar-refractivity contribution in [2.24, 2.45) is 0 Å². The Balaban J connectivity index is 1.51. The number of halogens is 1. The van der Waals surface area contributed by atoms with Gasteiger partial charge in [0.05, 0.1) is 22.3 Å². The summed E-state index contributed by atoms with van der Waals surface area (Å²) in [5.74, 6) is 0. The van der Waals surface area contributed by atoms with E-state index in [0.717, 1.165) is 29.4 Å². The molecule has 3 rings (SSSR count). The minimum Gasteiger partial charge on any atom is -0.311 e. The van der Waals surface area contributed by atoms with Crippen LogP contribution in [0.25, 0.3) is 0 Å². The number of hydrogen-bond donors (Lipinski definition) is 1. The molecule has 0 aliphatic carbocycles. The van der Waals surface area contributed by atoms with Gasteiger partial charge in [0.2, 0.25) is 0 Å². The average molecular weight is 344 g/mol. The molecule has 1 fully saturated rings. The van der Waals surface area contributed by atoms with Gasteiger partial charge in [0.1, 0.15) is 6.17 Å². The van der Waals surface area contributed by atoms with Crippen LogP contribution in [0.15, 0.2) is 29.6 Å². The Morgan fingerprint density at radius 1 is 1.42 bits per heavy atom. The van der Waals surface area contributed by atoms with Crippen LogP contribution < -0.4 is 5.32 Å². The van der Waals surface area contributed by atoms with Gasteiger partial charge in [0, 0.05) is 37.6 Å². The van der Waals surface area contributed by atoms with Crippen molar-refractivity contribution in [3.63, 3.8) is 0 Å². The van der Waals surface area contributed by atoms with E-state index in [1.807, 2.05) is 31.2 Å². The summed E-state index contributed by atoms with van der Waals surface area (Å²) in [4.78, 5) is 6.67. The molecule has 0 radical (unpaired) electrons. The van der Waals surface area contributed by atoms with Crippen LogP contribution in [0.2, 0.25) is 0 Å². The molecule has 126 valence electrons. The first-order valence-corrected chi connectivity index (χ1v) is 9.01. The van der Waals surface area contributed by atoms with Gasteiger partial charge in [-0.2, -0.15) is 5.26 Å². The summed E-state index contributed by atoms with van der Waals surface area (Å²) in [6.07, 6.45) is -0.185. The van der Waals surface area contributed by atoms with Gasteiger partial charge in [0.25, 0.3) is 0 Å². The lowest BCUT2D eigenvalue weighted by atomic mass is 10.1. The normalized spacial score (nSPS) is 21.0. The molecule has 24 heavy (non-hydrogen) atoms. The van der Waals surface area contributed by atoms with Gasteiger partial charge in [-0.05, 0) is 31.0 Å². The molecule has 0 bridgehead atoms. The zero-order valence-corrected chi connectivity index (χ0v) is 14.5. The van der Waals surface area contributed by atoms with Gasteiger partial charge in [-0.15, -0.1) is 11.3 Å². The largest absolute Gasteiger partial charge is 0.311 e. The molecule has 1 saturated heterocycles. The quantitative estimate of drug-likeness (QED) is 0.875. The van der Waals surface area contributed by atoms with Crippen molar-refractivity contribution in [3.05, 3.63) is 51.5 Å². The van der Waals surface area contributed by atoms with Gasteiger partial charge in [0.15, 0.2) is 0 Å². The number of thiazole rings is 1. The summed E-state index contributed by atoms with van der Waals surface area (Å²) in [5.41, 5.74) is 2.83. The number of nitrogens with zero attached hydrogens (tertiary/aromatic N) is 3. The molecular weight excluding hydrogens is 323 g/mol. The number of likely N-dealkylation sites (tertiary alicyclic amines) is 1. The van der Waals surface area contributed by atoms with Crippen LogP contribution >= 0.6 is 11.3 Å². The van der Waals surface area contributed by atoms with Crippen LogP contribution in [0.5, 0.6) is 0 Å². The standard InChI is InChI=1S/C18H21FN4S/c1-13-22-17(12-24-13)11-23-10-16(19)6-18(23)9-21-8-15-4-2-14(7-20)3-5-15/h2-5,12,16,18,21H,6,8-11H2,1H3/t16-,18-/m0/s1. The van der Waals surface area contributed by atoms with E-state index in [1.165, 1.54) is 0 Å². The van der Waals surface area contributed by atoms with Crippen molar-refractivity contribution in [2.75, 3.05) is 13.1 Å². The third kappa shape index (κ3) is 4.38. The van der Waals surface area contributed by atoms with Crippen LogP contribution in [-0.4, -0.2) is 35.2 Å². The molecule has 0 spiro atoms. The Hall–Kier alpha value is -1.81. The molecule has 0 saturated carbocycles. The topological polar surface area (TPSA) is 52.0 Å².